The molecule has 3 aliphatic carbocycles. The zero-order valence-corrected chi connectivity index (χ0v) is 40.6. The van der Waals surface area contributed by atoms with Gasteiger partial charge in [-0.15, -0.1) is 0 Å². The minimum atomic E-state index is -0.609. The molecule has 342 valence electrons. The lowest BCUT2D eigenvalue weighted by atomic mass is 9.65. The molecule has 2 heteroatoms. The maximum Gasteiger partial charge on any atom is 0.0755 e. The van der Waals surface area contributed by atoms with E-state index in [0.717, 1.165) is 11.4 Å². The Labute approximate surface area is 425 Å². The van der Waals surface area contributed by atoms with Gasteiger partial charge < -0.3 is 9.47 Å². The molecular weight excluding hydrogens is 881 g/mol. The lowest BCUT2D eigenvalue weighted by molar-refractivity contribution is 0.660. The van der Waals surface area contributed by atoms with E-state index in [9.17, 15) is 0 Å². The van der Waals surface area contributed by atoms with Gasteiger partial charge in [-0.05, 0) is 114 Å². The van der Waals surface area contributed by atoms with Crippen LogP contribution >= 0.6 is 0 Å². The van der Waals surface area contributed by atoms with Crippen LogP contribution in [0.3, 0.4) is 0 Å². The second kappa shape index (κ2) is 14.6. The minimum Gasteiger partial charge on any atom is -0.309 e. The Hall–Kier alpha value is -8.98. The van der Waals surface area contributed by atoms with Crippen molar-refractivity contribution >= 4 is 38.9 Å². The van der Waals surface area contributed by atoms with Crippen molar-refractivity contribution in [3.63, 3.8) is 0 Å². The molecule has 0 fully saturated rings. The van der Waals surface area contributed by atoms with Crippen LogP contribution < -0.4 is 4.90 Å². The number of fused-ring (bicyclic) bond motifs is 18. The Bertz CT molecular complexity index is 4270. The summed E-state index contributed by atoms with van der Waals surface area (Å²) in [4.78, 5) is 2.64. The third kappa shape index (κ3) is 4.98. The van der Waals surface area contributed by atoms with Crippen LogP contribution in [0.25, 0.3) is 60.9 Å². The van der Waals surface area contributed by atoms with Crippen LogP contribution in [-0.4, -0.2) is 4.57 Å². The second-order valence-electron chi connectivity index (χ2n) is 21.0. The molecule has 1 atom stereocenters. The van der Waals surface area contributed by atoms with Crippen LogP contribution in [0, 0.1) is 0 Å². The minimum absolute atomic E-state index is 0.193. The van der Waals surface area contributed by atoms with E-state index in [2.05, 4.69) is 278 Å². The van der Waals surface area contributed by atoms with Gasteiger partial charge in [0.1, 0.15) is 0 Å². The molecule has 0 saturated heterocycles. The summed E-state index contributed by atoms with van der Waals surface area (Å²) in [5.41, 5.74) is 26.5. The maximum atomic E-state index is 2.64. The van der Waals surface area contributed by atoms with Crippen molar-refractivity contribution in [3.05, 3.63) is 310 Å². The average molecular weight is 929 g/mol. The largest absolute Gasteiger partial charge is 0.309 e. The summed E-state index contributed by atoms with van der Waals surface area (Å²) in [5.74, 6) is 0. The van der Waals surface area contributed by atoms with Crippen LogP contribution in [0.1, 0.15) is 69.5 Å². The van der Waals surface area contributed by atoms with Gasteiger partial charge in [-0.3, -0.25) is 0 Å². The quantitative estimate of drug-likeness (QED) is 0.167. The summed E-state index contributed by atoms with van der Waals surface area (Å²) in [5, 5.41) is 2.56. The molecule has 73 heavy (non-hydrogen) atoms. The van der Waals surface area contributed by atoms with Crippen molar-refractivity contribution in [2.75, 3.05) is 4.90 Å². The Kier molecular flexibility index (Phi) is 8.12. The van der Waals surface area contributed by atoms with E-state index in [0.29, 0.717) is 0 Å². The third-order valence-electron chi connectivity index (χ3n) is 17.5. The Balaban J connectivity index is 1.04. The smallest absolute Gasteiger partial charge is 0.0755 e. The van der Waals surface area contributed by atoms with E-state index in [1.54, 1.807) is 0 Å². The molecule has 2 heterocycles. The predicted molar refractivity (Wildman–Crippen MR) is 301 cm³/mol. The molecule has 11 aromatic carbocycles. The molecule has 4 aliphatic rings. The van der Waals surface area contributed by atoms with Crippen LogP contribution in [0.15, 0.2) is 255 Å². The summed E-state index contributed by atoms with van der Waals surface area (Å²) >= 11 is 0. The number of rotatable bonds is 5. The SMILES string of the molecule is CC1(C)c2ccccc2-c2c(N(c3ccc4c(c3)C3(c5ccccc5-4)c4ccccc4-n4c5ccccc5c5cccc3c54)c3cccc4c3-c3ccccc3C4(c3ccccc3)c3ccccc3)cccc21. The van der Waals surface area contributed by atoms with Crippen molar-refractivity contribution in [1.29, 1.82) is 0 Å². The Morgan fingerprint density at radius 2 is 0.822 bits per heavy atom. The highest BCUT2D eigenvalue weighted by atomic mass is 15.2. The van der Waals surface area contributed by atoms with Gasteiger partial charge in [0, 0.05) is 33.0 Å². The third-order valence-corrected chi connectivity index (χ3v) is 17.5. The number of para-hydroxylation sites is 3. The highest BCUT2D eigenvalue weighted by Crippen LogP contribution is 2.64. The zero-order valence-electron chi connectivity index (χ0n) is 40.6. The fraction of sp³-hybridized carbons (Fsp3) is 0.0704. The number of hydrogen-bond acceptors (Lipinski definition) is 1. The monoisotopic (exact) mass is 928 g/mol. The van der Waals surface area contributed by atoms with Crippen LogP contribution in [-0.2, 0) is 16.2 Å². The van der Waals surface area contributed by atoms with E-state index in [1.807, 2.05) is 0 Å². The first kappa shape index (κ1) is 40.7. The second-order valence-corrected chi connectivity index (χ2v) is 21.0. The first-order valence-electron chi connectivity index (χ1n) is 25.8. The summed E-state index contributed by atoms with van der Waals surface area (Å²) in [6, 6.07) is 96.7. The van der Waals surface area contributed by atoms with Crippen molar-refractivity contribution in [1.82, 2.24) is 4.57 Å². The molecule has 0 radical (unpaired) electrons. The first-order chi connectivity index (χ1) is 36.0. The molecule has 1 aliphatic heterocycles. The summed E-state index contributed by atoms with van der Waals surface area (Å²) < 4.78 is 2.54. The highest BCUT2D eigenvalue weighted by Gasteiger charge is 2.52. The van der Waals surface area contributed by atoms with Gasteiger partial charge in [0.25, 0.3) is 0 Å². The van der Waals surface area contributed by atoms with E-state index in [-0.39, 0.29) is 5.41 Å². The fourth-order valence-electron chi connectivity index (χ4n) is 14.7. The Morgan fingerprint density at radius 3 is 1.55 bits per heavy atom. The lowest BCUT2D eigenvalue weighted by Crippen LogP contribution is -2.33. The molecule has 16 rings (SSSR count). The van der Waals surface area contributed by atoms with Gasteiger partial charge >= 0.3 is 0 Å². The van der Waals surface area contributed by atoms with Crippen molar-refractivity contribution in [2.45, 2.75) is 30.1 Å². The first-order valence-corrected chi connectivity index (χ1v) is 25.8. The number of nitrogens with zero attached hydrogens (tertiary/aromatic N) is 2. The van der Waals surface area contributed by atoms with E-state index in [1.165, 1.54) is 122 Å². The van der Waals surface area contributed by atoms with E-state index in [4.69, 9.17) is 0 Å². The normalized spacial score (nSPS) is 16.4. The van der Waals surface area contributed by atoms with Gasteiger partial charge in [0.15, 0.2) is 0 Å². The fourth-order valence-corrected chi connectivity index (χ4v) is 14.7. The molecule has 1 unspecified atom stereocenters. The molecule has 1 spiro atoms. The van der Waals surface area contributed by atoms with Gasteiger partial charge in [-0.25, -0.2) is 0 Å². The highest BCUT2D eigenvalue weighted by molar-refractivity contribution is 6.13. The van der Waals surface area contributed by atoms with Crippen LogP contribution in [0.4, 0.5) is 17.1 Å². The average Bonchev–Trinajstić information content (AvgIpc) is 4.17. The molecular formula is C71H48N2. The van der Waals surface area contributed by atoms with Crippen LogP contribution in [0.5, 0.6) is 0 Å². The van der Waals surface area contributed by atoms with E-state index >= 15 is 0 Å². The predicted octanol–water partition coefficient (Wildman–Crippen LogP) is 17.6. The van der Waals surface area contributed by atoms with Gasteiger partial charge in [0.2, 0.25) is 0 Å². The Morgan fingerprint density at radius 1 is 0.329 bits per heavy atom. The van der Waals surface area contributed by atoms with Gasteiger partial charge in [0.05, 0.1) is 38.9 Å². The maximum absolute atomic E-state index is 2.64. The molecule has 12 aromatic rings. The zero-order chi connectivity index (χ0) is 48.2. The van der Waals surface area contributed by atoms with E-state index < -0.39 is 10.8 Å². The number of anilines is 3. The summed E-state index contributed by atoms with van der Waals surface area (Å²) in [6.07, 6.45) is 0. The topological polar surface area (TPSA) is 8.17 Å². The number of aromatic nitrogens is 1. The molecule has 0 saturated carbocycles. The molecule has 0 N–H and O–H groups in total. The lowest BCUT2D eigenvalue weighted by Gasteiger charge is -2.40. The van der Waals surface area contributed by atoms with Crippen molar-refractivity contribution < 1.29 is 0 Å². The van der Waals surface area contributed by atoms with Crippen LogP contribution in [0.2, 0.25) is 0 Å². The van der Waals surface area contributed by atoms with Crippen molar-refractivity contribution in [3.8, 4) is 39.1 Å². The number of hydrogen-bond donors (Lipinski definition) is 0. The summed E-state index contributed by atoms with van der Waals surface area (Å²) in [6.45, 7) is 4.79. The molecule has 1 aromatic heterocycles. The standard InChI is InChI=1S/C71H48N2/c1-69(2)54-31-13-10-28-52(54)66-58(69)35-20-40-64(66)72(65-41-21-36-59-67(65)53-29-11-15-33-56(53)70(59,45-22-5-3-6-23-45)46-24-7-4-8-25-46)47-42-43-49-48-26-9-14-32-55(48)71(61(49)44-47)57-34-16-18-39-63(57)73-62-38-17-12-27-50(62)51-30-19-37-60(71)68(51)73/h3-44H,1-2H3. The van der Waals surface area contributed by atoms with Crippen molar-refractivity contribution in [2.24, 2.45) is 0 Å². The summed E-state index contributed by atoms with van der Waals surface area (Å²) in [7, 11) is 0. The number of benzene rings is 11. The molecule has 0 bridgehead atoms. The van der Waals surface area contributed by atoms with Gasteiger partial charge in [-0.1, -0.05) is 232 Å². The molecule has 0 amide bonds. The molecule has 2 nitrogen and oxygen atoms in total. The van der Waals surface area contributed by atoms with Gasteiger partial charge in [-0.2, -0.15) is 0 Å².